The molecule has 0 saturated heterocycles. The zero-order chi connectivity index (χ0) is 13.3. The number of aliphatic hydroxyl groups excluding tert-OH is 1. The zero-order valence-corrected chi connectivity index (χ0v) is 11.8. The van der Waals surface area contributed by atoms with E-state index in [1.807, 2.05) is 38.1 Å². The summed E-state index contributed by atoms with van der Waals surface area (Å²) in [4.78, 5) is 0. The van der Waals surface area contributed by atoms with E-state index in [2.05, 4.69) is 0 Å². The fourth-order valence-electron chi connectivity index (χ4n) is 1.75. The summed E-state index contributed by atoms with van der Waals surface area (Å²) in [5.41, 5.74) is 3.53. The summed E-state index contributed by atoms with van der Waals surface area (Å²) in [6, 6.07) is 11.1. The van der Waals surface area contributed by atoms with Crippen molar-refractivity contribution in [3.8, 4) is 0 Å². The summed E-state index contributed by atoms with van der Waals surface area (Å²) in [6.45, 7) is 3.86. The summed E-state index contributed by atoms with van der Waals surface area (Å²) < 4.78 is 0. The number of hydrogen-bond donors (Lipinski definition) is 1. The third-order valence-corrected chi connectivity index (χ3v) is 3.84. The molecule has 0 aliphatic rings. The van der Waals surface area contributed by atoms with Gasteiger partial charge in [-0.25, -0.2) is 0 Å². The fourth-order valence-corrected chi connectivity index (χ4v) is 2.13. The molecule has 0 aliphatic carbocycles. The summed E-state index contributed by atoms with van der Waals surface area (Å²) in [6.07, 6.45) is -0.707. The molecule has 0 spiro atoms. The molecule has 1 nitrogen and oxygen atoms in total. The lowest BCUT2D eigenvalue weighted by Gasteiger charge is -2.13. The van der Waals surface area contributed by atoms with Crippen molar-refractivity contribution in [2.75, 3.05) is 0 Å². The van der Waals surface area contributed by atoms with Gasteiger partial charge in [0.2, 0.25) is 0 Å². The van der Waals surface area contributed by atoms with E-state index >= 15 is 0 Å². The predicted molar refractivity (Wildman–Crippen MR) is 76.4 cm³/mol. The van der Waals surface area contributed by atoms with Gasteiger partial charge in [-0.15, -0.1) is 0 Å². The first-order chi connectivity index (χ1) is 8.49. The minimum absolute atomic E-state index is 0.657. The van der Waals surface area contributed by atoms with Crippen LogP contribution in [0.25, 0.3) is 0 Å². The molecule has 0 aromatic heterocycles. The Bertz CT molecular complexity index is 527. The van der Waals surface area contributed by atoms with E-state index in [1.165, 1.54) is 0 Å². The maximum atomic E-state index is 10.3. The molecule has 0 saturated carbocycles. The molecule has 2 rings (SSSR count). The standard InChI is InChI=1S/C15H14Cl2O/c1-9-3-5-11(7-13(9)16)15(18)12-6-4-10(2)14(17)8-12/h3-8,15,18H,1-2H3. The lowest BCUT2D eigenvalue weighted by atomic mass is 9.99. The highest BCUT2D eigenvalue weighted by Crippen LogP contribution is 2.28. The molecular weight excluding hydrogens is 267 g/mol. The van der Waals surface area contributed by atoms with Gasteiger partial charge < -0.3 is 5.11 Å². The van der Waals surface area contributed by atoms with Crippen LogP contribution in [-0.4, -0.2) is 5.11 Å². The summed E-state index contributed by atoms with van der Waals surface area (Å²) in [5.74, 6) is 0. The van der Waals surface area contributed by atoms with Crippen LogP contribution in [0.3, 0.4) is 0 Å². The maximum absolute atomic E-state index is 10.3. The van der Waals surface area contributed by atoms with Gasteiger partial charge in [0.25, 0.3) is 0 Å². The third-order valence-electron chi connectivity index (χ3n) is 3.02. The Balaban J connectivity index is 2.37. The lowest BCUT2D eigenvalue weighted by Crippen LogP contribution is -2.00. The van der Waals surface area contributed by atoms with Crippen LogP contribution in [-0.2, 0) is 0 Å². The van der Waals surface area contributed by atoms with E-state index in [9.17, 15) is 5.11 Å². The highest BCUT2D eigenvalue weighted by atomic mass is 35.5. The van der Waals surface area contributed by atoms with E-state index < -0.39 is 6.10 Å². The largest absolute Gasteiger partial charge is 0.384 e. The minimum atomic E-state index is -0.707. The number of rotatable bonds is 2. The average molecular weight is 281 g/mol. The van der Waals surface area contributed by atoms with Gasteiger partial charge in [-0.2, -0.15) is 0 Å². The Kier molecular flexibility index (Phi) is 3.96. The molecule has 0 heterocycles. The normalized spacial score (nSPS) is 11.0. The van der Waals surface area contributed by atoms with Crippen molar-refractivity contribution in [1.29, 1.82) is 0 Å². The minimum Gasteiger partial charge on any atom is -0.384 e. The molecule has 0 radical (unpaired) electrons. The topological polar surface area (TPSA) is 20.2 Å². The van der Waals surface area contributed by atoms with E-state index in [4.69, 9.17) is 23.2 Å². The van der Waals surface area contributed by atoms with Gasteiger partial charge in [-0.3, -0.25) is 0 Å². The molecule has 1 N–H and O–H groups in total. The third kappa shape index (κ3) is 2.69. The van der Waals surface area contributed by atoms with Crippen LogP contribution in [0.15, 0.2) is 36.4 Å². The summed E-state index contributed by atoms with van der Waals surface area (Å²) >= 11 is 12.1. The van der Waals surface area contributed by atoms with E-state index in [0.29, 0.717) is 10.0 Å². The van der Waals surface area contributed by atoms with Crippen LogP contribution in [0.1, 0.15) is 28.4 Å². The molecule has 0 amide bonds. The van der Waals surface area contributed by atoms with Crippen LogP contribution >= 0.6 is 23.2 Å². The first kappa shape index (κ1) is 13.4. The van der Waals surface area contributed by atoms with Crippen molar-refractivity contribution in [2.24, 2.45) is 0 Å². The lowest BCUT2D eigenvalue weighted by molar-refractivity contribution is 0.220. The molecule has 0 aliphatic heterocycles. The number of aliphatic hydroxyl groups is 1. The number of halogens is 2. The Morgan fingerprint density at radius 2 is 1.22 bits per heavy atom. The number of benzene rings is 2. The van der Waals surface area contributed by atoms with Crippen molar-refractivity contribution in [1.82, 2.24) is 0 Å². The van der Waals surface area contributed by atoms with Crippen molar-refractivity contribution in [3.63, 3.8) is 0 Å². The second kappa shape index (κ2) is 5.31. The van der Waals surface area contributed by atoms with Gasteiger partial charge in [0.05, 0.1) is 0 Å². The first-order valence-electron chi connectivity index (χ1n) is 5.69. The molecule has 2 aromatic carbocycles. The zero-order valence-electron chi connectivity index (χ0n) is 10.2. The molecule has 2 aromatic rings. The van der Waals surface area contributed by atoms with Crippen molar-refractivity contribution in [2.45, 2.75) is 20.0 Å². The van der Waals surface area contributed by atoms with E-state index in [0.717, 1.165) is 22.3 Å². The monoisotopic (exact) mass is 280 g/mol. The van der Waals surface area contributed by atoms with Gasteiger partial charge in [-0.05, 0) is 48.2 Å². The Hall–Kier alpha value is -1.02. The smallest absolute Gasteiger partial charge is 0.104 e. The highest BCUT2D eigenvalue weighted by molar-refractivity contribution is 6.31. The summed E-state index contributed by atoms with van der Waals surface area (Å²) in [5, 5.41) is 11.6. The second-order valence-electron chi connectivity index (χ2n) is 4.42. The number of hydrogen-bond acceptors (Lipinski definition) is 1. The molecule has 0 fully saturated rings. The molecular formula is C15H14Cl2O. The Morgan fingerprint density at radius 1 is 0.833 bits per heavy atom. The average Bonchev–Trinajstić information content (AvgIpc) is 2.35. The number of aryl methyl sites for hydroxylation is 2. The quantitative estimate of drug-likeness (QED) is 0.846. The first-order valence-corrected chi connectivity index (χ1v) is 6.45. The van der Waals surface area contributed by atoms with Crippen molar-refractivity contribution in [3.05, 3.63) is 68.7 Å². The maximum Gasteiger partial charge on any atom is 0.104 e. The Morgan fingerprint density at radius 3 is 1.56 bits per heavy atom. The fraction of sp³-hybridized carbons (Fsp3) is 0.200. The Labute approximate surface area is 117 Å². The van der Waals surface area contributed by atoms with Gasteiger partial charge in [0.15, 0.2) is 0 Å². The van der Waals surface area contributed by atoms with Gasteiger partial charge >= 0.3 is 0 Å². The molecule has 0 unspecified atom stereocenters. The van der Waals surface area contributed by atoms with Crippen LogP contribution in [0.4, 0.5) is 0 Å². The van der Waals surface area contributed by atoms with Gasteiger partial charge in [0.1, 0.15) is 6.10 Å². The van der Waals surface area contributed by atoms with Crippen LogP contribution in [0, 0.1) is 13.8 Å². The SMILES string of the molecule is Cc1ccc(C(O)c2ccc(C)c(Cl)c2)cc1Cl. The molecule has 94 valence electrons. The molecule has 0 bridgehead atoms. The predicted octanol–water partition coefficient (Wildman–Crippen LogP) is 4.69. The second-order valence-corrected chi connectivity index (χ2v) is 5.23. The molecule has 3 heteroatoms. The summed E-state index contributed by atoms with van der Waals surface area (Å²) in [7, 11) is 0. The highest BCUT2D eigenvalue weighted by Gasteiger charge is 2.12. The van der Waals surface area contributed by atoms with Crippen LogP contribution < -0.4 is 0 Å². The molecule has 18 heavy (non-hydrogen) atoms. The van der Waals surface area contributed by atoms with Gasteiger partial charge in [-0.1, -0.05) is 47.5 Å². The van der Waals surface area contributed by atoms with Gasteiger partial charge in [0, 0.05) is 10.0 Å². The van der Waals surface area contributed by atoms with E-state index in [-0.39, 0.29) is 0 Å². The van der Waals surface area contributed by atoms with Crippen molar-refractivity contribution < 1.29 is 5.11 Å². The van der Waals surface area contributed by atoms with Crippen molar-refractivity contribution >= 4 is 23.2 Å². The van der Waals surface area contributed by atoms with Crippen LogP contribution in [0.2, 0.25) is 10.0 Å². The molecule has 0 atom stereocenters. The van der Waals surface area contributed by atoms with Crippen LogP contribution in [0.5, 0.6) is 0 Å². The van der Waals surface area contributed by atoms with E-state index in [1.54, 1.807) is 12.1 Å².